The van der Waals surface area contributed by atoms with Crippen LogP contribution in [0.25, 0.3) is 10.9 Å². The Morgan fingerprint density at radius 3 is 2.53 bits per heavy atom. The Kier molecular flexibility index (Phi) is 5.11. The van der Waals surface area contributed by atoms with Gasteiger partial charge in [-0.05, 0) is 48.5 Å². The van der Waals surface area contributed by atoms with Gasteiger partial charge < -0.3 is 10.6 Å². The summed E-state index contributed by atoms with van der Waals surface area (Å²) in [5, 5.41) is 26.2. The van der Waals surface area contributed by atoms with E-state index in [1.165, 1.54) is 17.3 Å². The summed E-state index contributed by atoms with van der Waals surface area (Å²) in [7, 11) is 0. The lowest BCUT2D eigenvalue weighted by molar-refractivity contribution is 0.102. The van der Waals surface area contributed by atoms with E-state index in [2.05, 4.69) is 36.1 Å². The second-order valence-electron chi connectivity index (χ2n) is 6.98. The number of carbonyl (C=O) groups is 1. The van der Waals surface area contributed by atoms with Gasteiger partial charge in [-0.1, -0.05) is 24.3 Å². The molecule has 32 heavy (non-hydrogen) atoms. The number of carbonyl (C=O) groups excluding carboxylic acids is 1. The number of anilines is 3. The molecule has 0 fully saturated rings. The van der Waals surface area contributed by atoms with Gasteiger partial charge in [0.2, 0.25) is 0 Å². The van der Waals surface area contributed by atoms with Crippen LogP contribution in [0.2, 0.25) is 0 Å². The maximum atomic E-state index is 12.4. The van der Waals surface area contributed by atoms with Gasteiger partial charge in [0.05, 0.1) is 17.4 Å². The van der Waals surface area contributed by atoms with Crippen LogP contribution in [0.3, 0.4) is 0 Å². The highest BCUT2D eigenvalue weighted by molar-refractivity contribution is 6.04. The molecule has 0 atom stereocenters. The van der Waals surface area contributed by atoms with Crippen LogP contribution < -0.4 is 10.6 Å². The monoisotopic (exact) mass is 422 g/mol. The highest BCUT2D eigenvalue weighted by Gasteiger charge is 2.07. The molecule has 0 saturated carbocycles. The molecule has 0 bridgehead atoms. The van der Waals surface area contributed by atoms with Crippen LogP contribution in [0.4, 0.5) is 17.1 Å². The summed E-state index contributed by atoms with van der Waals surface area (Å²) in [5.41, 5.74) is 4.62. The smallest absolute Gasteiger partial charge is 0.255 e. The van der Waals surface area contributed by atoms with E-state index in [4.69, 9.17) is 0 Å². The van der Waals surface area contributed by atoms with E-state index >= 15 is 0 Å². The van der Waals surface area contributed by atoms with Crippen molar-refractivity contribution in [3.8, 4) is 0 Å². The molecule has 156 valence electrons. The molecular formula is C23H18N8O. The first-order valence-electron chi connectivity index (χ1n) is 9.85. The van der Waals surface area contributed by atoms with Gasteiger partial charge in [-0.2, -0.15) is 10.2 Å². The molecule has 0 radical (unpaired) electrons. The highest BCUT2D eigenvalue weighted by atomic mass is 16.1. The van der Waals surface area contributed by atoms with E-state index in [0.29, 0.717) is 11.3 Å². The van der Waals surface area contributed by atoms with Gasteiger partial charge in [0, 0.05) is 28.0 Å². The fourth-order valence-electron chi connectivity index (χ4n) is 3.22. The van der Waals surface area contributed by atoms with Gasteiger partial charge in [-0.3, -0.25) is 9.89 Å². The van der Waals surface area contributed by atoms with Crippen LogP contribution in [-0.4, -0.2) is 37.2 Å². The van der Waals surface area contributed by atoms with Crippen molar-refractivity contribution in [2.24, 2.45) is 5.10 Å². The predicted octanol–water partition coefficient (Wildman–Crippen LogP) is 4.03. The minimum absolute atomic E-state index is 0.152. The number of rotatable bonds is 6. The number of aromatic nitrogens is 5. The molecule has 9 nitrogen and oxygen atoms in total. The van der Waals surface area contributed by atoms with Gasteiger partial charge in [-0.15, -0.1) is 10.2 Å². The van der Waals surface area contributed by atoms with Gasteiger partial charge >= 0.3 is 0 Å². The van der Waals surface area contributed by atoms with E-state index in [1.54, 1.807) is 18.3 Å². The number of benzene rings is 3. The SMILES string of the molecule is O=C(Nc1cccc(Nc2ccc3c(/C=N/n4cnnc4)[nH]nc3c2)c1)c1ccccc1. The van der Waals surface area contributed by atoms with Crippen molar-refractivity contribution < 1.29 is 4.79 Å². The maximum absolute atomic E-state index is 12.4. The molecule has 1 amide bonds. The van der Waals surface area contributed by atoms with E-state index in [1.807, 2.05) is 60.7 Å². The summed E-state index contributed by atoms with van der Waals surface area (Å²) < 4.78 is 1.51. The molecule has 0 spiro atoms. The first-order valence-corrected chi connectivity index (χ1v) is 9.85. The van der Waals surface area contributed by atoms with E-state index < -0.39 is 0 Å². The number of hydrogen-bond donors (Lipinski definition) is 3. The van der Waals surface area contributed by atoms with E-state index in [9.17, 15) is 4.79 Å². The number of nitrogens with one attached hydrogen (secondary N) is 3. The van der Waals surface area contributed by atoms with Crippen LogP contribution in [0.5, 0.6) is 0 Å². The molecule has 0 aliphatic heterocycles. The summed E-state index contributed by atoms with van der Waals surface area (Å²) in [6.45, 7) is 0. The fraction of sp³-hybridized carbons (Fsp3) is 0. The van der Waals surface area contributed by atoms with Crippen molar-refractivity contribution in [1.29, 1.82) is 0 Å². The van der Waals surface area contributed by atoms with Gasteiger partial charge in [0.1, 0.15) is 12.7 Å². The van der Waals surface area contributed by atoms with E-state index in [-0.39, 0.29) is 5.91 Å². The van der Waals surface area contributed by atoms with Crippen molar-refractivity contribution >= 4 is 40.1 Å². The lowest BCUT2D eigenvalue weighted by Gasteiger charge is -2.10. The van der Waals surface area contributed by atoms with Crippen molar-refractivity contribution in [2.45, 2.75) is 0 Å². The molecular weight excluding hydrogens is 404 g/mol. The average Bonchev–Trinajstić information content (AvgIpc) is 3.48. The Balaban J connectivity index is 1.31. The number of nitrogens with zero attached hydrogens (tertiary/aromatic N) is 5. The maximum Gasteiger partial charge on any atom is 0.255 e. The number of fused-ring (bicyclic) bond motifs is 1. The molecule has 5 rings (SSSR count). The zero-order valence-corrected chi connectivity index (χ0v) is 16.8. The predicted molar refractivity (Wildman–Crippen MR) is 123 cm³/mol. The molecule has 5 aromatic rings. The summed E-state index contributed by atoms with van der Waals surface area (Å²) in [4.78, 5) is 12.4. The Bertz CT molecular complexity index is 1390. The third-order valence-corrected chi connectivity index (χ3v) is 4.76. The number of H-pyrrole nitrogens is 1. The van der Waals surface area contributed by atoms with Crippen molar-refractivity contribution in [1.82, 2.24) is 25.1 Å². The number of amides is 1. The lowest BCUT2D eigenvalue weighted by Crippen LogP contribution is -2.11. The normalized spacial score (nSPS) is 11.1. The molecule has 0 saturated heterocycles. The average molecular weight is 422 g/mol. The van der Waals surface area contributed by atoms with Crippen molar-refractivity contribution in [3.05, 3.63) is 96.7 Å². The molecule has 3 N–H and O–H groups in total. The minimum Gasteiger partial charge on any atom is -0.355 e. The Labute approximate surface area is 182 Å². The first-order chi connectivity index (χ1) is 15.7. The number of hydrogen-bond acceptors (Lipinski definition) is 6. The van der Waals surface area contributed by atoms with Crippen molar-refractivity contribution in [3.63, 3.8) is 0 Å². The Hall–Kier alpha value is -4.79. The Morgan fingerprint density at radius 1 is 0.906 bits per heavy atom. The third-order valence-electron chi connectivity index (χ3n) is 4.76. The second-order valence-corrected chi connectivity index (χ2v) is 6.98. The molecule has 3 aromatic carbocycles. The molecule has 0 aliphatic carbocycles. The highest BCUT2D eigenvalue weighted by Crippen LogP contribution is 2.24. The van der Waals surface area contributed by atoms with Crippen molar-refractivity contribution in [2.75, 3.05) is 10.6 Å². The summed E-state index contributed by atoms with van der Waals surface area (Å²) in [6, 6.07) is 22.5. The summed E-state index contributed by atoms with van der Waals surface area (Å²) >= 11 is 0. The molecule has 2 heterocycles. The zero-order chi connectivity index (χ0) is 21.8. The summed E-state index contributed by atoms with van der Waals surface area (Å²) in [6.07, 6.45) is 4.69. The van der Waals surface area contributed by atoms with Gasteiger partial charge in [0.15, 0.2) is 0 Å². The van der Waals surface area contributed by atoms with Gasteiger partial charge in [-0.25, -0.2) is 4.68 Å². The Morgan fingerprint density at radius 2 is 1.69 bits per heavy atom. The van der Waals surface area contributed by atoms with Crippen LogP contribution in [0, 0.1) is 0 Å². The number of aromatic amines is 1. The minimum atomic E-state index is -0.152. The van der Waals surface area contributed by atoms with Crippen LogP contribution in [0.1, 0.15) is 16.1 Å². The molecule has 0 aliphatic rings. The van der Waals surface area contributed by atoms with Gasteiger partial charge in [0.25, 0.3) is 5.91 Å². The molecule has 2 aromatic heterocycles. The van der Waals surface area contributed by atoms with Crippen LogP contribution in [0.15, 0.2) is 90.6 Å². The first kappa shape index (κ1) is 19.2. The molecule has 9 heteroatoms. The largest absolute Gasteiger partial charge is 0.355 e. The standard InChI is InChI=1S/C23H18N8O/c32-23(16-5-2-1-3-6-16)28-18-8-4-7-17(11-18)27-19-9-10-20-21(12-19)29-30-22(20)13-26-31-14-24-25-15-31/h1-15,27H,(H,28,32)(H,29,30)/b26-13+. The molecule has 0 unspecified atom stereocenters. The lowest BCUT2D eigenvalue weighted by atomic mass is 10.2. The third kappa shape index (κ3) is 4.21. The van der Waals surface area contributed by atoms with E-state index in [0.717, 1.165) is 28.0 Å². The zero-order valence-electron chi connectivity index (χ0n) is 16.8. The van der Waals surface area contributed by atoms with Crippen LogP contribution >= 0.6 is 0 Å². The fourth-order valence-corrected chi connectivity index (χ4v) is 3.22. The second kappa shape index (κ2) is 8.52. The summed E-state index contributed by atoms with van der Waals surface area (Å²) in [5.74, 6) is -0.152. The van der Waals surface area contributed by atoms with Crippen LogP contribution in [-0.2, 0) is 0 Å². The quantitative estimate of drug-likeness (QED) is 0.358. The topological polar surface area (TPSA) is 113 Å².